The van der Waals surface area contributed by atoms with Gasteiger partial charge in [0.2, 0.25) is 0 Å². The fourth-order valence-electron chi connectivity index (χ4n) is 2.04. The fraction of sp³-hybridized carbons (Fsp3) is 0.467. The Morgan fingerprint density at radius 3 is 2.47 bits per heavy atom. The second kappa shape index (κ2) is 7.56. The van der Waals surface area contributed by atoms with Crippen LogP contribution in [-0.2, 0) is 4.79 Å². The minimum Gasteiger partial charge on any atom is -0.478 e. The first-order valence-electron chi connectivity index (χ1n) is 6.71. The van der Waals surface area contributed by atoms with Crippen molar-refractivity contribution in [2.75, 3.05) is 18.0 Å². The van der Waals surface area contributed by atoms with Crippen LogP contribution in [0.1, 0.15) is 37.8 Å². The minimum absolute atomic E-state index is 0.816. The molecule has 1 aromatic heterocycles. The van der Waals surface area contributed by atoms with E-state index in [-0.39, 0.29) is 0 Å². The number of carboxylic acid groups (broad SMARTS) is 1. The Labute approximate surface area is 114 Å². The highest BCUT2D eigenvalue weighted by molar-refractivity contribution is 5.85. The highest BCUT2D eigenvalue weighted by Crippen LogP contribution is 2.19. The lowest BCUT2D eigenvalue weighted by Crippen LogP contribution is -2.26. The second-order valence-electron chi connectivity index (χ2n) is 4.57. The number of carbonyl (C=O) groups is 1. The summed E-state index contributed by atoms with van der Waals surface area (Å²) < 4.78 is 0. The summed E-state index contributed by atoms with van der Waals surface area (Å²) in [5.74, 6) is 0.0523. The molecule has 4 heteroatoms. The summed E-state index contributed by atoms with van der Waals surface area (Å²) in [5.41, 5.74) is 1.89. The Morgan fingerprint density at radius 1 is 1.37 bits per heavy atom. The summed E-state index contributed by atoms with van der Waals surface area (Å²) in [7, 11) is 0. The fourth-order valence-corrected chi connectivity index (χ4v) is 2.04. The zero-order valence-electron chi connectivity index (χ0n) is 11.9. The third kappa shape index (κ3) is 4.73. The Hall–Kier alpha value is -1.84. The molecule has 1 heterocycles. The number of anilines is 1. The third-order valence-electron chi connectivity index (χ3n) is 2.78. The maximum Gasteiger partial charge on any atom is 0.328 e. The first kappa shape index (κ1) is 15.2. The number of aryl methyl sites for hydroxylation is 1. The largest absolute Gasteiger partial charge is 0.478 e. The lowest BCUT2D eigenvalue weighted by Gasteiger charge is -2.24. The standard InChI is InChI=1S/C15H22N2O2/c1-4-8-17(9-5-2)15-12(3)10-13(11-16-15)6-7-14(18)19/h6-7,10-11H,4-5,8-9H2,1-3H3,(H,18,19)/b7-6+. The number of nitrogens with zero attached hydrogens (tertiary/aromatic N) is 2. The Kier molecular flexibility index (Phi) is 6.06. The Balaban J connectivity index is 2.94. The van der Waals surface area contributed by atoms with Crippen LogP contribution in [0.15, 0.2) is 18.3 Å². The van der Waals surface area contributed by atoms with Crippen molar-refractivity contribution in [3.8, 4) is 0 Å². The molecular weight excluding hydrogens is 240 g/mol. The van der Waals surface area contributed by atoms with E-state index in [0.717, 1.165) is 49.0 Å². The maximum atomic E-state index is 10.5. The van der Waals surface area contributed by atoms with Gasteiger partial charge in [-0.2, -0.15) is 0 Å². The molecule has 104 valence electrons. The van der Waals surface area contributed by atoms with E-state index in [1.807, 2.05) is 13.0 Å². The maximum absolute atomic E-state index is 10.5. The molecule has 0 spiro atoms. The molecule has 19 heavy (non-hydrogen) atoms. The molecule has 0 saturated heterocycles. The van der Waals surface area contributed by atoms with Gasteiger partial charge in [-0.15, -0.1) is 0 Å². The molecule has 0 unspecified atom stereocenters. The van der Waals surface area contributed by atoms with E-state index in [0.29, 0.717) is 0 Å². The molecule has 0 saturated carbocycles. The molecule has 0 aliphatic heterocycles. The second-order valence-corrected chi connectivity index (χ2v) is 4.57. The summed E-state index contributed by atoms with van der Waals surface area (Å²) in [5, 5.41) is 8.61. The molecule has 0 aromatic carbocycles. The molecule has 1 rings (SSSR count). The number of carboxylic acids is 1. The normalized spacial score (nSPS) is 10.9. The number of aromatic nitrogens is 1. The Bertz CT molecular complexity index is 449. The molecule has 0 atom stereocenters. The monoisotopic (exact) mass is 262 g/mol. The minimum atomic E-state index is -0.944. The third-order valence-corrected chi connectivity index (χ3v) is 2.78. The molecule has 1 aromatic rings. The number of pyridine rings is 1. The van der Waals surface area contributed by atoms with Gasteiger partial charge in [-0.25, -0.2) is 9.78 Å². The number of hydrogen-bond donors (Lipinski definition) is 1. The SMILES string of the molecule is CCCN(CCC)c1ncc(/C=C/C(=O)O)cc1C. The van der Waals surface area contributed by atoms with Crippen LogP contribution < -0.4 is 4.90 Å². The molecule has 0 aliphatic rings. The van der Waals surface area contributed by atoms with Gasteiger partial charge in [-0.1, -0.05) is 13.8 Å². The van der Waals surface area contributed by atoms with E-state index in [4.69, 9.17) is 5.11 Å². The van der Waals surface area contributed by atoms with Crippen molar-refractivity contribution in [1.29, 1.82) is 0 Å². The summed E-state index contributed by atoms with van der Waals surface area (Å²) in [6.45, 7) is 8.31. The molecule has 0 fully saturated rings. The molecule has 0 amide bonds. The predicted octanol–water partition coefficient (Wildman–Crippen LogP) is 3.11. The Morgan fingerprint density at radius 2 is 2.00 bits per heavy atom. The summed E-state index contributed by atoms with van der Waals surface area (Å²) in [6, 6.07) is 1.97. The summed E-state index contributed by atoms with van der Waals surface area (Å²) in [6.07, 6.45) is 6.59. The van der Waals surface area contributed by atoms with Crippen molar-refractivity contribution in [1.82, 2.24) is 4.98 Å². The molecule has 0 bridgehead atoms. The lowest BCUT2D eigenvalue weighted by atomic mass is 10.1. The zero-order valence-corrected chi connectivity index (χ0v) is 11.9. The van der Waals surface area contributed by atoms with Gasteiger partial charge in [-0.05, 0) is 43.0 Å². The smallest absolute Gasteiger partial charge is 0.328 e. The van der Waals surface area contributed by atoms with Gasteiger partial charge in [0.25, 0.3) is 0 Å². The van der Waals surface area contributed by atoms with E-state index < -0.39 is 5.97 Å². The van der Waals surface area contributed by atoms with Crippen molar-refractivity contribution in [2.24, 2.45) is 0 Å². The number of aliphatic carboxylic acids is 1. The van der Waals surface area contributed by atoms with Gasteiger partial charge in [0.1, 0.15) is 5.82 Å². The molecule has 0 radical (unpaired) electrons. The van der Waals surface area contributed by atoms with Crippen LogP contribution in [0.5, 0.6) is 0 Å². The lowest BCUT2D eigenvalue weighted by molar-refractivity contribution is -0.131. The highest BCUT2D eigenvalue weighted by atomic mass is 16.4. The van der Waals surface area contributed by atoms with E-state index in [2.05, 4.69) is 23.7 Å². The van der Waals surface area contributed by atoms with Gasteiger partial charge < -0.3 is 10.0 Å². The van der Waals surface area contributed by atoms with Crippen LogP contribution in [0.2, 0.25) is 0 Å². The van der Waals surface area contributed by atoms with Crippen LogP contribution in [0.4, 0.5) is 5.82 Å². The molecule has 0 aliphatic carbocycles. The van der Waals surface area contributed by atoms with Gasteiger partial charge >= 0.3 is 5.97 Å². The van der Waals surface area contributed by atoms with Gasteiger partial charge in [0.05, 0.1) is 0 Å². The van der Waals surface area contributed by atoms with E-state index >= 15 is 0 Å². The van der Waals surface area contributed by atoms with Crippen LogP contribution in [0.3, 0.4) is 0 Å². The molecule has 4 nitrogen and oxygen atoms in total. The van der Waals surface area contributed by atoms with Crippen molar-refractivity contribution >= 4 is 17.9 Å². The van der Waals surface area contributed by atoms with Crippen molar-refractivity contribution in [2.45, 2.75) is 33.6 Å². The summed E-state index contributed by atoms with van der Waals surface area (Å²) in [4.78, 5) is 17.2. The highest BCUT2D eigenvalue weighted by Gasteiger charge is 2.09. The summed E-state index contributed by atoms with van der Waals surface area (Å²) >= 11 is 0. The van der Waals surface area contributed by atoms with Crippen molar-refractivity contribution < 1.29 is 9.90 Å². The first-order chi connectivity index (χ1) is 9.08. The van der Waals surface area contributed by atoms with Gasteiger partial charge in [0, 0.05) is 25.4 Å². The average molecular weight is 262 g/mol. The van der Waals surface area contributed by atoms with Gasteiger partial charge in [0.15, 0.2) is 0 Å². The molecular formula is C15H22N2O2. The van der Waals surface area contributed by atoms with Gasteiger partial charge in [-0.3, -0.25) is 0 Å². The number of rotatable bonds is 7. The predicted molar refractivity (Wildman–Crippen MR) is 78.4 cm³/mol. The van der Waals surface area contributed by atoms with E-state index in [1.165, 1.54) is 0 Å². The van der Waals surface area contributed by atoms with Crippen molar-refractivity contribution in [3.63, 3.8) is 0 Å². The van der Waals surface area contributed by atoms with Crippen LogP contribution in [-0.4, -0.2) is 29.1 Å². The van der Waals surface area contributed by atoms with E-state index in [9.17, 15) is 4.79 Å². The van der Waals surface area contributed by atoms with Crippen LogP contribution >= 0.6 is 0 Å². The zero-order chi connectivity index (χ0) is 14.3. The van der Waals surface area contributed by atoms with Crippen LogP contribution in [0, 0.1) is 6.92 Å². The van der Waals surface area contributed by atoms with Crippen molar-refractivity contribution in [3.05, 3.63) is 29.5 Å². The quantitative estimate of drug-likeness (QED) is 0.767. The number of hydrogen-bond acceptors (Lipinski definition) is 3. The van der Waals surface area contributed by atoms with Crippen LogP contribution in [0.25, 0.3) is 6.08 Å². The first-order valence-corrected chi connectivity index (χ1v) is 6.71. The van der Waals surface area contributed by atoms with E-state index in [1.54, 1.807) is 12.3 Å². The molecule has 1 N–H and O–H groups in total. The average Bonchev–Trinajstić information content (AvgIpc) is 2.36. The topological polar surface area (TPSA) is 53.4 Å².